The molecule has 0 saturated heterocycles. The first kappa shape index (κ1) is 21.6. The monoisotopic (exact) mass is 461 g/mol. The van der Waals surface area contributed by atoms with Gasteiger partial charge in [-0.2, -0.15) is 0 Å². The summed E-state index contributed by atoms with van der Waals surface area (Å²) in [5, 5.41) is 17.1. The fourth-order valence-electron chi connectivity index (χ4n) is 2.21. The number of hydrogen-bond acceptors (Lipinski definition) is 4. The minimum absolute atomic E-state index is 0. The lowest BCUT2D eigenvalue weighted by Gasteiger charge is -2.19. The van der Waals surface area contributed by atoms with Crippen LogP contribution in [0.4, 0.5) is 0 Å². The molecule has 0 bridgehead atoms. The van der Waals surface area contributed by atoms with Crippen LogP contribution in [0, 0.1) is 0 Å². The molecule has 140 valence electrons. The molecule has 25 heavy (non-hydrogen) atoms. The molecule has 2 rings (SSSR count). The first-order valence-electron chi connectivity index (χ1n) is 8.43. The van der Waals surface area contributed by atoms with Crippen molar-refractivity contribution in [1.82, 2.24) is 10.6 Å². The Labute approximate surface area is 166 Å². The van der Waals surface area contributed by atoms with Gasteiger partial charge in [0.1, 0.15) is 17.1 Å². The van der Waals surface area contributed by atoms with Gasteiger partial charge in [-0.1, -0.05) is 13.3 Å². The van der Waals surface area contributed by atoms with Crippen molar-refractivity contribution in [1.29, 1.82) is 0 Å². The van der Waals surface area contributed by atoms with Gasteiger partial charge in [-0.05, 0) is 37.6 Å². The second-order valence-corrected chi connectivity index (χ2v) is 5.95. The maximum atomic E-state index is 10.5. The van der Waals surface area contributed by atoms with Gasteiger partial charge in [0.2, 0.25) is 0 Å². The molecule has 1 unspecified atom stereocenters. The molecular formula is C18H28IN3O3. The molecule has 0 aliphatic carbocycles. The van der Waals surface area contributed by atoms with Crippen LogP contribution in [-0.2, 0) is 12.0 Å². The topological polar surface area (TPSA) is 82.9 Å². The lowest BCUT2D eigenvalue weighted by molar-refractivity contribution is 0.0437. The fraction of sp³-hybridized carbons (Fsp3) is 0.500. The van der Waals surface area contributed by atoms with Crippen molar-refractivity contribution in [2.45, 2.75) is 38.7 Å². The Bertz CT molecular complexity index is 595. The predicted octanol–water partition coefficient (Wildman–Crippen LogP) is 3.28. The molecule has 1 atom stereocenters. The summed E-state index contributed by atoms with van der Waals surface area (Å²) < 4.78 is 10.6. The summed E-state index contributed by atoms with van der Waals surface area (Å²) in [7, 11) is 0. The normalized spacial score (nSPS) is 13.8. The van der Waals surface area contributed by atoms with E-state index in [1.54, 1.807) is 31.6 Å². The molecule has 2 heterocycles. The Hall–Kier alpha value is -1.48. The first-order chi connectivity index (χ1) is 11.6. The molecule has 6 nitrogen and oxygen atoms in total. The molecule has 0 amide bonds. The quantitative estimate of drug-likeness (QED) is 0.231. The highest BCUT2D eigenvalue weighted by Crippen LogP contribution is 2.20. The van der Waals surface area contributed by atoms with E-state index in [9.17, 15) is 5.11 Å². The van der Waals surface area contributed by atoms with Gasteiger partial charge in [0, 0.05) is 19.5 Å². The number of halogens is 1. The van der Waals surface area contributed by atoms with Crippen LogP contribution >= 0.6 is 24.0 Å². The lowest BCUT2D eigenvalue weighted by Crippen LogP contribution is -2.40. The van der Waals surface area contributed by atoms with Gasteiger partial charge in [0.15, 0.2) is 5.96 Å². The van der Waals surface area contributed by atoms with Crippen LogP contribution in [-0.4, -0.2) is 30.7 Å². The first-order valence-corrected chi connectivity index (χ1v) is 8.43. The van der Waals surface area contributed by atoms with Crippen LogP contribution in [0.1, 0.15) is 38.2 Å². The highest BCUT2D eigenvalue weighted by molar-refractivity contribution is 14.0. The van der Waals surface area contributed by atoms with E-state index in [1.807, 2.05) is 12.1 Å². The van der Waals surface area contributed by atoms with Crippen molar-refractivity contribution < 1.29 is 13.9 Å². The molecule has 7 heteroatoms. The number of nitrogens with one attached hydrogen (secondary N) is 2. The van der Waals surface area contributed by atoms with E-state index >= 15 is 0 Å². The van der Waals surface area contributed by atoms with E-state index in [0.29, 0.717) is 18.3 Å². The minimum Gasteiger partial charge on any atom is -0.469 e. The van der Waals surface area contributed by atoms with Crippen molar-refractivity contribution in [2.75, 3.05) is 19.6 Å². The van der Waals surface area contributed by atoms with Gasteiger partial charge in [0.25, 0.3) is 0 Å². The number of aliphatic hydroxyl groups is 1. The number of hydrogen-bond donors (Lipinski definition) is 3. The Balaban J connectivity index is 0.00000312. The number of guanidine groups is 1. The smallest absolute Gasteiger partial charge is 0.191 e. The Kier molecular flexibility index (Phi) is 9.66. The van der Waals surface area contributed by atoms with Crippen molar-refractivity contribution in [3.8, 4) is 0 Å². The van der Waals surface area contributed by atoms with E-state index in [-0.39, 0.29) is 30.5 Å². The molecule has 0 spiro atoms. The number of unbranched alkanes of at least 4 members (excludes halogenated alkanes) is 1. The zero-order chi connectivity index (χ0) is 17.3. The molecule has 0 radical (unpaired) electrons. The molecule has 0 saturated carbocycles. The Morgan fingerprint density at radius 3 is 2.52 bits per heavy atom. The number of aliphatic imine (C=N–C) groups is 1. The number of furan rings is 2. The van der Waals surface area contributed by atoms with Crippen molar-refractivity contribution in [3.05, 3.63) is 48.3 Å². The van der Waals surface area contributed by atoms with Gasteiger partial charge in [-0.25, -0.2) is 4.99 Å². The van der Waals surface area contributed by atoms with E-state index < -0.39 is 5.60 Å². The highest BCUT2D eigenvalue weighted by atomic mass is 127. The molecule has 0 aliphatic heterocycles. The van der Waals surface area contributed by atoms with Gasteiger partial charge in [-0.3, -0.25) is 0 Å². The summed E-state index contributed by atoms with van der Waals surface area (Å²) in [6.07, 6.45) is 6.17. The standard InChI is InChI=1S/C18H27N3O3.HI/c1-3-4-10-19-17(20-11-9-15-7-5-12-23-15)21-14-18(2,22)16-8-6-13-24-16;/h5-8,12-13,22H,3-4,9-11,14H2,1-2H3,(H2,19,20,21);1H. The summed E-state index contributed by atoms with van der Waals surface area (Å²) in [4.78, 5) is 4.50. The van der Waals surface area contributed by atoms with Crippen LogP contribution in [0.5, 0.6) is 0 Å². The molecule has 0 aromatic carbocycles. The van der Waals surface area contributed by atoms with Crippen molar-refractivity contribution in [2.24, 2.45) is 4.99 Å². The maximum Gasteiger partial charge on any atom is 0.191 e. The molecule has 2 aromatic heterocycles. The van der Waals surface area contributed by atoms with Crippen LogP contribution in [0.25, 0.3) is 0 Å². The van der Waals surface area contributed by atoms with E-state index in [4.69, 9.17) is 8.83 Å². The van der Waals surface area contributed by atoms with Crippen LogP contribution in [0.2, 0.25) is 0 Å². The minimum atomic E-state index is -1.14. The average Bonchev–Trinajstić information content (AvgIpc) is 3.26. The summed E-state index contributed by atoms with van der Waals surface area (Å²) in [6.45, 7) is 5.59. The van der Waals surface area contributed by atoms with Gasteiger partial charge in [-0.15, -0.1) is 24.0 Å². The predicted molar refractivity (Wildman–Crippen MR) is 109 cm³/mol. The highest BCUT2D eigenvalue weighted by Gasteiger charge is 2.26. The second kappa shape index (κ2) is 11.2. The average molecular weight is 461 g/mol. The summed E-state index contributed by atoms with van der Waals surface area (Å²) in [5.74, 6) is 2.12. The van der Waals surface area contributed by atoms with Crippen LogP contribution in [0.3, 0.4) is 0 Å². The Morgan fingerprint density at radius 1 is 1.16 bits per heavy atom. The van der Waals surface area contributed by atoms with Gasteiger partial charge < -0.3 is 24.6 Å². The van der Waals surface area contributed by atoms with E-state index in [2.05, 4.69) is 22.5 Å². The summed E-state index contributed by atoms with van der Waals surface area (Å²) in [6, 6.07) is 7.34. The third kappa shape index (κ3) is 7.52. The number of nitrogens with zero attached hydrogens (tertiary/aromatic N) is 1. The lowest BCUT2D eigenvalue weighted by atomic mass is 10.0. The number of rotatable bonds is 9. The van der Waals surface area contributed by atoms with Crippen LogP contribution < -0.4 is 10.6 Å². The van der Waals surface area contributed by atoms with Crippen LogP contribution in [0.15, 0.2) is 50.6 Å². The summed E-state index contributed by atoms with van der Waals surface area (Å²) in [5.41, 5.74) is -1.14. The largest absolute Gasteiger partial charge is 0.469 e. The third-order valence-corrected chi connectivity index (χ3v) is 3.66. The third-order valence-electron chi connectivity index (χ3n) is 3.66. The van der Waals surface area contributed by atoms with Gasteiger partial charge >= 0.3 is 0 Å². The molecule has 0 aliphatic rings. The van der Waals surface area contributed by atoms with E-state index in [1.165, 1.54) is 0 Å². The van der Waals surface area contributed by atoms with Crippen molar-refractivity contribution >= 4 is 29.9 Å². The molecule has 2 aromatic rings. The molecular weight excluding hydrogens is 433 g/mol. The zero-order valence-corrected chi connectivity index (χ0v) is 17.2. The SMILES string of the molecule is CCCCNC(=NCC(C)(O)c1ccco1)NCCc1ccco1.I. The van der Waals surface area contributed by atoms with Gasteiger partial charge in [0.05, 0.1) is 19.1 Å². The van der Waals surface area contributed by atoms with Crippen molar-refractivity contribution in [3.63, 3.8) is 0 Å². The second-order valence-electron chi connectivity index (χ2n) is 5.95. The molecule has 3 N–H and O–H groups in total. The zero-order valence-electron chi connectivity index (χ0n) is 14.8. The van der Waals surface area contributed by atoms with E-state index in [0.717, 1.165) is 31.6 Å². The molecule has 0 fully saturated rings. The summed E-state index contributed by atoms with van der Waals surface area (Å²) >= 11 is 0. The maximum absolute atomic E-state index is 10.5. The Morgan fingerprint density at radius 2 is 1.88 bits per heavy atom. The fourth-order valence-corrected chi connectivity index (χ4v) is 2.21.